The molecule has 1 N–H and O–H groups in total. The van der Waals surface area contributed by atoms with Crippen molar-refractivity contribution in [3.05, 3.63) is 12.4 Å². The zero-order chi connectivity index (χ0) is 13.8. The number of carbonyl (C=O) groups is 1. The van der Waals surface area contributed by atoms with Gasteiger partial charge in [-0.05, 0) is 11.3 Å². The number of aromatic nitrogens is 3. The van der Waals surface area contributed by atoms with Gasteiger partial charge in [0.25, 0.3) is 0 Å². The third-order valence-electron chi connectivity index (χ3n) is 2.67. The summed E-state index contributed by atoms with van der Waals surface area (Å²) in [5.74, 6) is 0.438. The minimum atomic E-state index is 0.00949. The van der Waals surface area contributed by atoms with Crippen molar-refractivity contribution in [3.8, 4) is 0 Å². The number of carbonyl (C=O) groups excluding carboxylic acids is 1. The van der Waals surface area contributed by atoms with Gasteiger partial charge in [0.15, 0.2) is 0 Å². The molecule has 1 heterocycles. The van der Waals surface area contributed by atoms with E-state index in [1.807, 2.05) is 0 Å². The summed E-state index contributed by atoms with van der Waals surface area (Å²) < 4.78 is 0. The molecular formula is C13H24N4O. The van der Waals surface area contributed by atoms with E-state index in [9.17, 15) is 4.79 Å². The van der Waals surface area contributed by atoms with E-state index < -0.39 is 0 Å². The zero-order valence-electron chi connectivity index (χ0n) is 12.0. The highest BCUT2D eigenvalue weighted by atomic mass is 16.1. The van der Waals surface area contributed by atoms with Crippen LogP contribution >= 0.6 is 0 Å². The molecule has 0 radical (unpaired) electrons. The smallest absolute Gasteiger partial charge is 0.220 e. The predicted molar refractivity (Wildman–Crippen MR) is 70.9 cm³/mol. The van der Waals surface area contributed by atoms with E-state index in [4.69, 9.17) is 0 Å². The SMILES string of the molecule is CC(C)C(Cn1nccn1)NC(=O)CC(C)(C)C. The summed E-state index contributed by atoms with van der Waals surface area (Å²) in [6, 6.07) is 0.0623. The molecule has 18 heavy (non-hydrogen) atoms. The second-order valence-electron chi connectivity index (χ2n) is 6.24. The molecule has 1 unspecified atom stereocenters. The highest BCUT2D eigenvalue weighted by Gasteiger charge is 2.21. The van der Waals surface area contributed by atoms with Gasteiger partial charge in [-0.2, -0.15) is 15.0 Å². The molecule has 1 atom stereocenters. The quantitative estimate of drug-likeness (QED) is 0.870. The Hall–Kier alpha value is -1.39. The van der Waals surface area contributed by atoms with Gasteiger partial charge in [-0.25, -0.2) is 0 Å². The predicted octanol–water partition coefficient (Wildman–Crippen LogP) is 1.86. The van der Waals surface area contributed by atoms with Gasteiger partial charge in [0.05, 0.1) is 25.0 Å². The topological polar surface area (TPSA) is 59.8 Å². The Kier molecular flexibility index (Phi) is 4.87. The fraction of sp³-hybridized carbons (Fsp3) is 0.769. The summed E-state index contributed by atoms with van der Waals surface area (Å²) in [6.07, 6.45) is 3.82. The van der Waals surface area contributed by atoms with Crippen LogP contribution in [-0.4, -0.2) is 26.9 Å². The first-order valence-electron chi connectivity index (χ1n) is 6.41. The van der Waals surface area contributed by atoms with Crippen molar-refractivity contribution >= 4 is 5.91 Å². The lowest BCUT2D eigenvalue weighted by Crippen LogP contribution is -2.43. The highest BCUT2D eigenvalue weighted by Crippen LogP contribution is 2.18. The standard InChI is InChI=1S/C13H24N4O/c1-10(2)11(9-17-14-6-7-15-17)16-12(18)8-13(3,4)5/h6-7,10-11H,8-9H2,1-5H3,(H,16,18). The summed E-state index contributed by atoms with van der Waals surface area (Å²) in [5.41, 5.74) is 0.00949. The summed E-state index contributed by atoms with van der Waals surface area (Å²) >= 11 is 0. The lowest BCUT2D eigenvalue weighted by Gasteiger charge is -2.24. The Morgan fingerprint density at radius 2 is 1.83 bits per heavy atom. The van der Waals surface area contributed by atoms with E-state index in [-0.39, 0.29) is 17.4 Å². The number of amides is 1. The molecule has 5 heteroatoms. The molecular weight excluding hydrogens is 228 g/mol. The van der Waals surface area contributed by atoms with Gasteiger partial charge in [0.1, 0.15) is 0 Å². The van der Waals surface area contributed by atoms with Gasteiger partial charge in [-0.1, -0.05) is 34.6 Å². The van der Waals surface area contributed by atoms with Gasteiger partial charge in [-0.3, -0.25) is 4.79 Å². The summed E-state index contributed by atoms with van der Waals surface area (Å²) in [6.45, 7) is 11.0. The van der Waals surface area contributed by atoms with Gasteiger partial charge >= 0.3 is 0 Å². The van der Waals surface area contributed by atoms with Crippen molar-refractivity contribution < 1.29 is 4.79 Å². The van der Waals surface area contributed by atoms with Crippen LogP contribution in [0.1, 0.15) is 41.0 Å². The number of rotatable bonds is 5. The monoisotopic (exact) mass is 252 g/mol. The van der Waals surface area contributed by atoms with Gasteiger partial charge in [0.2, 0.25) is 5.91 Å². The molecule has 0 fully saturated rings. The number of hydrogen-bond acceptors (Lipinski definition) is 3. The van der Waals surface area contributed by atoms with Gasteiger partial charge < -0.3 is 5.32 Å². The van der Waals surface area contributed by atoms with Gasteiger partial charge in [-0.15, -0.1) is 0 Å². The second-order valence-corrected chi connectivity index (χ2v) is 6.24. The average Bonchev–Trinajstić information content (AvgIpc) is 2.66. The van der Waals surface area contributed by atoms with Crippen LogP contribution in [0.25, 0.3) is 0 Å². The summed E-state index contributed by atoms with van der Waals surface area (Å²) in [7, 11) is 0. The Morgan fingerprint density at radius 3 is 2.28 bits per heavy atom. The molecule has 5 nitrogen and oxygen atoms in total. The zero-order valence-corrected chi connectivity index (χ0v) is 12.0. The Labute approximate surface area is 109 Å². The van der Waals surface area contributed by atoms with Crippen LogP contribution < -0.4 is 5.32 Å². The van der Waals surface area contributed by atoms with Crippen molar-refractivity contribution in [1.29, 1.82) is 0 Å². The molecule has 0 aliphatic heterocycles. The maximum atomic E-state index is 11.9. The van der Waals surface area contributed by atoms with Crippen LogP contribution in [0.4, 0.5) is 0 Å². The van der Waals surface area contributed by atoms with Crippen LogP contribution in [0, 0.1) is 11.3 Å². The molecule has 0 aliphatic carbocycles. The molecule has 1 rings (SSSR count). The minimum Gasteiger partial charge on any atom is -0.351 e. The molecule has 0 bridgehead atoms. The van der Waals surface area contributed by atoms with Crippen molar-refractivity contribution in [2.75, 3.05) is 0 Å². The second kappa shape index (κ2) is 5.98. The lowest BCUT2D eigenvalue weighted by atomic mass is 9.91. The normalized spacial score (nSPS) is 13.7. The van der Waals surface area contributed by atoms with Crippen molar-refractivity contribution in [2.24, 2.45) is 11.3 Å². The summed E-state index contributed by atoms with van der Waals surface area (Å²) in [4.78, 5) is 13.6. The van der Waals surface area contributed by atoms with Crippen LogP contribution in [0.2, 0.25) is 0 Å². The number of hydrogen-bond donors (Lipinski definition) is 1. The molecule has 0 saturated carbocycles. The average molecular weight is 252 g/mol. The summed E-state index contributed by atoms with van der Waals surface area (Å²) in [5, 5.41) is 11.2. The minimum absolute atomic E-state index is 0.00949. The molecule has 1 aromatic rings. The largest absolute Gasteiger partial charge is 0.351 e. The van der Waals surface area contributed by atoms with Crippen LogP contribution in [0.3, 0.4) is 0 Å². The molecule has 0 spiro atoms. The third kappa shape index (κ3) is 5.29. The van der Waals surface area contributed by atoms with E-state index in [1.54, 1.807) is 17.2 Å². The molecule has 102 valence electrons. The molecule has 0 aromatic carbocycles. The Balaban J connectivity index is 2.55. The van der Waals surface area contributed by atoms with Crippen molar-refractivity contribution in [1.82, 2.24) is 20.3 Å². The Bertz CT molecular complexity index is 365. The maximum Gasteiger partial charge on any atom is 0.220 e. The van der Waals surface area contributed by atoms with E-state index >= 15 is 0 Å². The highest BCUT2D eigenvalue weighted by molar-refractivity contribution is 5.76. The molecule has 0 saturated heterocycles. The molecule has 1 aromatic heterocycles. The van der Waals surface area contributed by atoms with Crippen LogP contribution in [0.5, 0.6) is 0 Å². The number of nitrogens with one attached hydrogen (secondary N) is 1. The van der Waals surface area contributed by atoms with E-state index in [0.29, 0.717) is 18.9 Å². The lowest BCUT2D eigenvalue weighted by molar-refractivity contribution is -0.124. The molecule has 1 amide bonds. The third-order valence-corrected chi connectivity index (χ3v) is 2.67. The fourth-order valence-electron chi connectivity index (χ4n) is 1.68. The number of nitrogens with zero attached hydrogens (tertiary/aromatic N) is 3. The first kappa shape index (κ1) is 14.7. The van der Waals surface area contributed by atoms with Crippen LogP contribution in [-0.2, 0) is 11.3 Å². The Morgan fingerprint density at radius 1 is 1.28 bits per heavy atom. The molecule has 0 aliphatic rings. The van der Waals surface area contributed by atoms with Crippen molar-refractivity contribution in [2.45, 2.75) is 53.6 Å². The van der Waals surface area contributed by atoms with Gasteiger partial charge in [0, 0.05) is 6.42 Å². The van der Waals surface area contributed by atoms with Crippen LogP contribution in [0.15, 0.2) is 12.4 Å². The van der Waals surface area contributed by atoms with E-state index in [0.717, 1.165) is 0 Å². The van der Waals surface area contributed by atoms with E-state index in [2.05, 4.69) is 50.1 Å². The maximum absolute atomic E-state index is 11.9. The first-order chi connectivity index (χ1) is 8.28. The first-order valence-corrected chi connectivity index (χ1v) is 6.41. The van der Waals surface area contributed by atoms with Crippen molar-refractivity contribution in [3.63, 3.8) is 0 Å². The van der Waals surface area contributed by atoms with E-state index in [1.165, 1.54) is 0 Å². The fourth-order valence-corrected chi connectivity index (χ4v) is 1.68.